The van der Waals surface area contributed by atoms with Gasteiger partial charge in [-0.15, -0.1) is 0 Å². The molecule has 0 saturated heterocycles. The van der Waals surface area contributed by atoms with Gasteiger partial charge in [-0.1, -0.05) is 35.9 Å². The minimum absolute atomic E-state index is 0.254. The van der Waals surface area contributed by atoms with E-state index < -0.39 is 6.04 Å². The molecule has 112 valence electrons. The second-order valence-electron chi connectivity index (χ2n) is 5.39. The highest BCUT2D eigenvalue weighted by Gasteiger charge is 2.15. The summed E-state index contributed by atoms with van der Waals surface area (Å²) in [6.45, 7) is 1.98. The number of carbonyl (C=O) groups is 1. The quantitative estimate of drug-likeness (QED) is 0.942. The van der Waals surface area contributed by atoms with Crippen molar-refractivity contribution in [2.75, 3.05) is 19.0 Å². The van der Waals surface area contributed by atoms with Crippen molar-refractivity contribution < 1.29 is 4.79 Å². The number of hydrogen-bond donors (Lipinski definition) is 1. The minimum atomic E-state index is -0.656. The summed E-state index contributed by atoms with van der Waals surface area (Å²) < 4.78 is 0. The second kappa shape index (κ2) is 6.77. The molecule has 2 aromatic carbocycles. The molecular formula is C18H19N3O. The van der Waals surface area contributed by atoms with E-state index in [1.807, 2.05) is 62.3 Å². The lowest BCUT2D eigenvalue weighted by molar-refractivity contribution is 0.0945. The standard InChI is InChI=1S/C18H19N3O/c1-13-7-9-14(10-8-13)17(12-19)20-18(22)15-5-4-6-16(11-15)21(2)3/h4-11,17H,1-3H3,(H,20,22). The van der Waals surface area contributed by atoms with E-state index in [9.17, 15) is 10.1 Å². The monoisotopic (exact) mass is 293 g/mol. The number of nitriles is 1. The highest BCUT2D eigenvalue weighted by molar-refractivity contribution is 5.95. The molecule has 4 heteroatoms. The summed E-state index contributed by atoms with van der Waals surface area (Å²) >= 11 is 0. The molecule has 4 nitrogen and oxygen atoms in total. The predicted octanol–water partition coefficient (Wildman–Crippen LogP) is 3.06. The lowest BCUT2D eigenvalue weighted by atomic mass is 10.1. The lowest BCUT2D eigenvalue weighted by Gasteiger charge is -2.15. The lowest BCUT2D eigenvalue weighted by Crippen LogP contribution is -2.27. The van der Waals surface area contributed by atoms with E-state index in [0.717, 1.165) is 16.8 Å². The van der Waals surface area contributed by atoms with E-state index in [1.165, 1.54) is 0 Å². The largest absolute Gasteiger partial charge is 0.378 e. The van der Waals surface area contributed by atoms with Gasteiger partial charge in [-0.2, -0.15) is 5.26 Å². The number of aryl methyl sites for hydroxylation is 1. The number of amides is 1. The second-order valence-corrected chi connectivity index (χ2v) is 5.39. The zero-order chi connectivity index (χ0) is 16.1. The van der Waals surface area contributed by atoms with Gasteiger partial charge in [0.2, 0.25) is 0 Å². The van der Waals surface area contributed by atoms with Crippen LogP contribution in [0.3, 0.4) is 0 Å². The van der Waals surface area contributed by atoms with Gasteiger partial charge in [-0.3, -0.25) is 4.79 Å². The molecule has 0 aliphatic heterocycles. The van der Waals surface area contributed by atoms with Crippen molar-refractivity contribution in [2.24, 2.45) is 0 Å². The zero-order valence-electron chi connectivity index (χ0n) is 13.0. The van der Waals surface area contributed by atoms with E-state index in [1.54, 1.807) is 12.1 Å². The summed E-state index contributed by atoms with van der Waals surface area (Å²) in [5, 5.41) is 12.1. The topological polar surface area (TPSA) is 56.1 Å². The summed E-state index contributed by atoms with van der Waals surface area (Å²) in [5.41, 5.74) is 3.38. The van der Waals surface area contributed by atoms with Gasteiger partial charge in [-0.25, -0.2) is 0 Å². The summed E-state index contributed by atoms with van der Waals surface area (Å²) in [4.78, 5) is 14.3. The Hall–Kier alpha value is -2.80. The molecule has 0 saturated carbocycles. The van der Waals surface area contributed by atoms with Crippen LogP contribution in [0.15, 0.2) is 48.5 Å². The average Bonchev–Trinajstić information content (AvgIpc) is 2.53. The number of nitrogens with one attached hydrogen (secondary N) is 1. The van der Waals surface area contributed by atoms with Crippen molar-refractivity contribution in [3.8, 4) is 6.07 Å². The van der Waals surface area contributed by atoms with Crippen molar-refractivity contribution in [2.45, 2.75) is 13.0 Å². The Morgan fingerprint density at radius 1 is 1.18 bits per heavy atom. The maximum Gasteiger partial charge on any atom is 0.252 e. The Morgan fingerprint density at radius 3 is 2.45 bits per heavy atom. The van der Waals surface area contributed by atoms with Crippen molar-refractivity contribution in [1.29, 1.82) is 5.26 Å². The molecule has 1 atom stereocenters. The fraction of sp³-hybridized carbons (Fsp3) is 0.222. The first-order chi connectivity index (χ1) is 10.5. The van der Waals surface area contributed by atoms with Gasteiger partial charge < -0.3 is 10.2 Å². The number of rotatable bonds is 4. The highest BCUT2D eigenvalue weighted by atomic mass is 16.1. The third-order valence-corrected chi connectivity index (χ3v) is 3.44. The van der Waals surface area contributed by atoms with Gasteiger partial charge in [0, 0.05) is 25.3 Å². The Bertz CT molecular complexity index is 699. The third kappa shape index (κ3) is 3.64. The molecule has 0 fully saturated rings. The molecule has 22 heavy (non-hydrogen) atoms. The molecule has 2 rings (SSSR count). The Labute approximate surface area is 131 Å². The van der Waals surface area contributed by atoms with Crippen LogP contribution in [0.4, 0.5) is 5.69 Å². The number of anilines is 1. The van der Waals surface area contributed by atoms with Crippen LogP contribution >= 0.6 is 0 Å². The first kappa shape index (κ1) is 15.6. The van der Waals surface area contributed by atoms with Crippen LogP contribution in [-0.2, 0) is 0 Å². The van der Waals surface area contributed by atoms with Crippen molar-refractivity contribution in [1.82, 2.24) is 5.32 Å². The molecule has 0 bridgehead atoms. The molecule has 0 aliphatic carbocycles. The molecule has 1 amide bonds. The Morgan fingerprint density at radius 2 is 1.86 bits per heavy atom. The van der Waals surface area contributed by atoms with Gasteiger partial charge in [-0.05, 0) is 30.7 Å². The molecule has 1 unspecified atom stereocenters. The minimum Gasteiger partial charge on any atom is -0.378 e. The van der Waals surface area contributed by atoms with Gasteiger partial charge in [0.05, 0.1) is 6.07 Å². The molecule has 0 radical (unpaired) electrons. The van der Waals surface area contributed by atoms with Crippen molar-refractivity contribution in [3.05, 3.63) is 65.2 Å². The normalized spacial score (nSPS) is 11.4. The van der Waals surface area contributed by atoms with Crippen LogP contribution in [0.5, 0.6) is 0 Å². The van der Waals surface area contributed by atoms with E-state index in [4.69, 9.17) is 0 Å². The molecular weight excluding hydrogens is 274 g/mol. The molecule has 0 aromatic heterocycles. The van der Waals surface area contributed by atoms with Crippen LogP contribution in [0.25, 0.3) is 0 Å². The molecule has 0 heterocycles. The van der Waals surface area contributed by atoms with Crippen LogP contribution in [0, 0.1) is 18.3 Å². The van der Waals surface area contributed by atoms with Crippen molar-refractivity contribution >= 4 is 11.6 Å². The summed E-state index contributed by atoms with van der Waals surface area (Å²) in [5.74, 6) is -0.254. The number of carbonyl (C=O) groups excluding carboxylic acids is 1. The molecule has 0 aliphatic rings. The predicted molar refractivity (Wildman–Crippen MR) is 87.8 cm³/mol. The maximum absolute atomic E-state index is 12.3. The van der Waals surface area contributed by atoms with E-state index in [2.05, 4.69) is 11.4 Å². The van der Waals surface area contributed by atoms with Crippen molar-refractivity contribution in [3.63, 3.8) is 0 Å². The van der Waals surface area contributed by atoms with Crippen LogP contribution in [0.2, 0.25) is 0 Å². The SMILES string of the molecule is Cc1ccc(C(C#N)NC(=O)c2cccc(N(C)C)c2)cc1. The molecule has 1 N–H and O–H groups in total. The average molecular weight is 293 g/mol. The smallest absolute Gasteiger partial charge is 0.252 e. The van der Waals surface area contributed by atoms with Gasteiger partial charge in [0.15, 0.2) is 0 Å². The van der Waals surface area contributed by atoms with Crippen LogP contribution in [-0.4, -0.2) is 20.0 Å². The van der Waals surface area contributed by atoms with E-state index >= 15 is 0 Å². The number of hydrogen-bond acceptors (Lipinski definition) is 3. The first-order valence-electron chi connectivity index (χ1n) is 7.05. The van der Waals surface area contributed by atoms with Gasteiger partial charge in [0.25, 0.3) is 5.91 Å². The van der Waals surface area contributed by atoms with Gasteiger partial charge >= 0.3 is 0 Å². The molecule has 0 spiro atoms. The Kier molecular flexibility index (Phi) is 4.80. The number of nitrogens with zero attached hydrogens (tertiary/aromatic N) is 2. The van der Waals surface area contributed by atoms with E-state index in [-0.39, 0.29) is 5.91 Å². The maximum atomic E-state index is 12.3. The fourth-order valence-corrected chi connectivity index (χ4v) is 2.09. The number of benzene rings is 2. The highest BCUT2D eigenvalue weighted by Crippen LogP contribution is 2.16. The first-order valence-corrected chi connectivity index (χ1v) is 7.05. The Balaban J connectivity index is 2.18. The summed E-state index contributed by atoms with van der Waals surface area (Å²) in [6.07, 6.45) is 0. The van der Waals surface area contributed by atoms with Crippen LogP contribution in [0.1, 0.15) is 27.5 Å². The summed E-state index contributed by atoms with van der Waals surface area (Å²) in [6, 6.07) is 16.4. The fourth-order valence-electron chi connectivity index (χ4n) is 2.09. The van der Waals surface area contributed by atoms with Gasteiger partial charge in [0.1, 0.15) is 6.04 Å². The zero-order valence-corrected chi connectivity index (χ0v) is 13.0. The van der Waals surface area contributed by atoms with Crippen LogP contribution < -0.4 is 10.2 Å². The molecule has 2 aromatic rings. The third-order valence-electron chi connectivity index (χ3n) is 3.44. The van der Waals surface area contributed by atoms with E-state index in [0.29, 0.717) is 5.56 Å². The summed E-state index contributed by atoms with van der Waals surface area (Å²) in [7, 11) is 3.84.